The van der Waals surface area contributed by atoms with E-state index in [1.54, 1.807) is 0 Å². The van der Waals surface area contributed by atoms with Gasteiger partial charge in [-0.1, -0.05) is 6.58 Å². The van der Waals surface area contributed by atoms with Crippen LogP contribution in [0.4, 0.5) is 0 Å². The number of nitrogens with zero attached hydrogens (tertiary/aromatic N) is 1. The van der Waals surface area contributed by atoms with Crippen molar-refractivity contribution in [3.63, 3.8) is 0 Å². The van der Waals surface area contributed by atoms with Crippen LogP contribution in [-0.2, 0) is 14.8 Å². The Morgan fingerprint density at radius 3 is 2.87 bits per heavy atom. The summed E-state index contributed by atoms with van der Waals surface area (Å²) in [6, 6.07) is -0.108. The molecule has 0 radical (unpaired) electrons. The second-order valence-corrected chi connectivity index (χ2v) is 5.55. The maximum atomic E-state index is 11.4. The summed E-state index contributed by atoms with van der Waals surface area (Å²) in [5.41, 5.74) is 0. The van der Waals surface area contributed by atoms with E-state index in [1.165, 1.54) is 16.6 Å². The van der Waals surface area contributed by atoms with E-state index >= 15 is 0 Å². The molecule has 1 amide bonds. The van der Waals surface area contributed by atoms with Gasteiger partial charge in [0.25, 0.3) is 0 Å². The van der Waals surface area contributed by atoms with Crippen molar-refractivity contribution in [3.05, 3.63) is 12.7 Å². The molecular formula is C9H16N2O3S. The fraction of sp³-hybridized carbons (Fsp3) is 0.667. The molecule has 0 aromatic carbocycles. The molecule has 86 valence electrons. The average molecular weight is 232 g/mol. The van der Waals surface area contributed by atoms with Gasteiger partial charge in [-0.3, -0.25) is 4.79 Å². The summed E-state index contributed by atoms with van der Waals surface area (Å²) in [7, 11) is -3.15. The van der Waals surface area contributed by atoms with Crippen LogP contribution in [-0.4, -0.2) is 44.0 Å². The van der Waals surface area contributed by atoms with Crippen LogP contribution in [0.15, 0.2) is 12.7 Å². The Kier molecular flexibility index (Phi) is 3.87. The van der Waals surface area contributed by atoms with E-state index < -0.39 is 10.0 Å². The van der Waals surface area contributed by atoms with Crippen LogP contribution in [0, 0.1) is 0 Å². The highest BCUT2D eigenvalue weighted by Crippen LogP contribution is 2.19. The molecule has 0 spiro atoms. The molecule has 6 heteroatoms. The van der Waals surface area contributed by atoms with Gasteiger partial charge in [0.15, 0.2) is 0 Å². The van der Waals surface area contributed by atoms with Crippen molar-refractivity contribution >= 4 is 15.9 Å². The summed E-state index contributed by atoms with van der Waals surface area (Å²) >= 11 is 0. The number of carbonyl (C=O) groups excluding carboxylic acids is 1. The predicted molar refractivity (Wildman–Crippen MR) is 57.8 cm³/mol. The molecule has 0 aliphatic carbocycles. The van der Waals surface area contributed by atoms with Crippen LogP contribution in [0.25, 0.3) is 0 Å². The Hall–Kier alpha value is -0.880. The first-order chi connectivity index (χ1) is 6.95. The Morgan fingerprint density at radius 1 is 1.67 bits per heavy atom. The molecule has 15 heavy (non-hydrogen) atoms. The third-order valence-electron chi connectivity index (χ3n) is 2.45. The number of nitrogens with one attached hydrogen (secondary N) is 1. The van der Waals surface area contributed by atoms with Gasteiger partial charge in [0.1, 0.15) is 0 Å². The van der Waals surface area contributed by atoms with E-state index in [1.807, 2.05) is 0 Å². The molecule has 5 nitrogen and oxygen atoms in total. The smallest absolute Gasteiger partial charge is 0.243 e. The molecule has 0 unspecified atom stereocenters. The average Bonchev–Trinajstić information content (AvgIpc) is 2.61. The molecule has 0 saturated carbocycles. The number of carbonyl (C=O) groups is 1. The summed E-state index contributed by atoms with van der Waals surface area (Å²) in [6.07, 6.45) is 4.02. The van der Waals surface area contributed by atoms with Gasteiger partial charge in [-0.15, -0.1) is 0 Å². The zero-order chi connectivity index (χ0) is 11.5. The second-order valence-electron chi connectivity index (χ2n) is 3.62. The normalized spacial score (nSPS) is 22.6. The monoisotopic (exact) mass is 232 g/mol. The van der Waals surface area contributed by atoms with E-state index in [9.17, 15) is 13.2 Å². The number of hydrogen-bond donors (Lipinski definition) is 1. The Balaban J connectivity index is 2.55. The first kappa shape index (κ1) is 12.2. The zero-order valence-electron chi connectivity index (χ0n) is 8.77. The minimum Gasteiger partial charge on any atom is -0.351 e. The number of sulfonamides is 1. The van der Waals surface area contributed by atoms with Crippen LogP contribution in [0.1, 0.15) is 12.8 Å². The van der Waals surface area contributed by atoms with Crippen molar-refractivity contribution in [3.8, 4) is 0 Å². The molecule has 1 aliphatic heterocycles. The zero-order valence-corrected chi connectivity index (χ0v) is 9.59. The van der Waals surface area contributed by atoms with E-state index in [4.69, 9.17) is 0 Å². The minimum atomic E-state index is -3.15. The lowest BCUT2D eigenvalue weighted by Gasteiger charge is -2.21. The Bertz CT molecular complexity index is 350. The van der Waals surface area contributed by atoms with Crippen molar-refractivity contribution in [1.29, 1.82) is 0 Å². The van der Waals surface area contributed by atoms with E-state index in [2.05, 4.69) is 11.9 Å². The lowest BCUT2D eigenvalue weighted by molar-refractivity contribution is -0.116. The third-order valence-corrected chi connectivity index (χ3v) is 3.78. The van der Waals surface area contributed by atoms with Crippen molar-refractivity contribution in [2.24, 2.45) is 0 Å². The summed E-state index contributed by atoms with van der Waals surface area (Å²) in [5, 5.41) is 2.61. The maximum Gasteiger partial charge on any atom is 0.243 e. The molecule has 1 rings (SSSR count). The summed E-state index contributed by atoms with van der Waals surface area (Å²) in [5.74, 6) is -0.268. The quantitative estimate of drug-likeness (QED) is 0.677. The standard InChI is InChI=1S/C9H16N2O3S/c1-3-9(12)10-7-8-5-4-6-11(8)15(2,13)14/h3,8H,1,4-7H2,2H3,(H,10,12)/t8-/m0/s1. The van der Waals surface area contributed by atoms with Gasteiger partial charge in [-0.25, -0.2) is 8.42 Å². The van der Waals surface area contributed by atoms with Crippen molar-refractivity contribution < 1.29 is 13.2 Å². The summed E-state index contributed by atoms with van der Waals surface area (Å²) in [4.78, 5) is 10.9. The summed E-state index contributed by atoms with van der Waals surface area (Å²) in [6.45, 7) is 4.24. The highest BCUT2D eigenvalue weighted by atomic mass is 32.2. The largest absolute Gasteiger partial charge is 0.351 e. The fourth-order valence-corrected chi connectivity index (χ4v) is 2.92. The van der Waals surface area contributed by atoms with Crippen LogP contribution in [0.2, 0.25) is 0 Å². The van der Waals surface area contributed by atoms with Gasteiger partial charge in [0, 0.05) is 19.1 Å². The number of amides is 1. The van der Waals surface area contributed by atoms with Crippen molar-refractivity contribution in [2.75, 3.05) is 19.3 Å². The molecule has 1 atom stereocenters. The lowest BCUT2D eigenvalue weighted by Crippen LogP contribution is -2.42. The van der Waals surface area contributed by atoms with Gasteiger partial charge >= 0.3 is 0 Å². The maximum absolute atomic E-state index is 11.4. The molecule has 1 aliphatic rings. The molecule has 1 heterocycles. The highest BCUT2D eigenvalue weighted by Gasteiger charge is 2.31. The van der Waals surface area contributed by atoms with Gasteiger partial charge in [0.05, 0.1) is 6.26 Å². The van der Waals surface area contributed by atoms with Crippen LogP contribution >= 0.6 is 0 Å². The van der Waals surface area contributed by atoms with E-state index in [0.29, 0.717) is 13.1 Å². The predicted octanol–water partition coefficient (Wildman–Crippen LogP) is -0.287. The molecule has 1 N–H and O–H groups in total. The minimum absolute atomic E-state index is 0.108. The Labute approximate surface area is 90.2 Å². The molecule has 0 aromatic heterocycles. The SMILES string of the molecule is C=CC(=O)NC[C@@H]1CCCN1S(C)(=O)=O. The molecule has 0 bridgehead atoms. The van der Waals surface area contributed by atoms with Gasteiger partial charge in [0.2, 0.25) is 15.9 Å². The second kappa shape index (κ2) is 4.76. The van der Waals surface area contributed by atoms with E-state index in [-0.39, 0.29) is 11.9 Å². The van der Waals surface area contributed by atoms with Crippen LogP contribution in [0.3, 0.4) is 0 Å². The molecule has 1 saturated heterocycles. The highest BCUT2D eigenvalue weighted by molar-refractivity contribution is 7.88. The van der Waals surface area contributed by atoms with Crippen LogP contribution < -0.4 is 5.32 Å². The van der Waals surface area contributed by atoms with Crippen molar-refractivity contribution in [1.82, 2.24) is 9.62 Å². The van der Waals surface area contributed by atoms with E-state index in [0.717, 1.165) is 12.8 Å². The van der Waals surface area contributed by atoms with Crippen molar-refractivity contribution in [2.45, 2.75) is 18.9 Å². The molecule has 0 aromatic rings. The van der Waals surface area contributed by atoms with Crippen LogP contribution in [0.5, 0.6) is 0 Å². The third kappa shape index (κ3) is 3.32. The van der Waals surface area contributed by atoms with Gasteiger partial charge < -0.3 is 5.32 Å². The first-order valence-corrected chi connectivity index (χ1v) is 6.67. The summed E-state index contributed by atoms with van der Waals surface area (Å²) < 4.78 is 24.1. The molecular weight excluding hydrogens is 216 g/mol. The molecule has 1 fully saturated rings. The number of rotatable bonds is 4. The lowest BCUT2D eigenvalue weighted by atomic mass is 10.2. The fourth-order valence-electron chi connectivity index (χ4n) is 1.74. The van der Waals surface area contributed by atoms with Gasteiger partial charge in [-0.05, 0) is 18.9 Å². The first-order valence-electron chi connectivity index (χ1n) is 4.82. The Morgan fingerprint density at radius 2 is 2.33 bits per heavy atom. The topological polar surface area (TPSA) is 66.5 Å². The van der Waals surface area contributed by atoms with Gasteiger partial charge in [-0.2, -0.15) is 4.31 Å². The number of hydrogen-bond acceptors (Lipinski definition) is 3.